The molecule has 3 N–H and O–H groups in total. The maximum Gasteiger partial charge on any atom is 0.220 e. The molecule has 0 heterocycles. The number of rotatable bonds is 8. The number of halogens is 1. The number of hydrogen-bond donors (Lipinski definition) is 2. The van der Waals surface area contributed by atoms with Crippen molar-refractivity contribution in [2.45, 2.75) is 58.6 Å². The molecule has 2 rings (SSSR count). The van der Waals surface area contributed by atoms with E-state index in [1.807, 2.05) is 19.1 Å². The van der Waals surface area contributed by atoms with Crippen LogP contribution in [0.2, 0.25) is 0 Å². The third-order valence-corrected chi connectivity index (χ3v) is 4.87. The second kappa shape index (κ2) is 10.7. The van der Waals surface area contributed by atoms with E-state index in [0.717, 1.165) is 30.6 Å². The van der Waals surface area contributed by atoms with E-state index in [4.69, 9.17) is 10.5 Å². The molecule has 136 valence electrons. The molecular weight excluding hydrogens is 324 g/mol. The van der Waals surface area contributed by atoms with Crippen LogP contribution in [-0.4, -0.2) is 19.1 Å². The van der Waals surface area contributed by atoms with E-state index in [0.29, 0.717) is 26.1 Å². The summed E-state index contributed by atoms with van der Waals surface area (Å²) >= 11 is 0. The highest BCUT2D eigenvalue weighted by molar-refractivity contribution is 5.85. The summed E-state index contributed by atoms with van der Waals surface area (Å²) in [5.41, 5.74) is 8.26. The Morgan fingerprint density at radius 1 is 1.17 bits per heavy atom. The molecule has 1 fully saturated rings. The van der Waals surface area contributed by atoms with Gasteiger partial charge in [0.05, 0.1) is 6.61 Å². The number of amides is 1. The summed E-state index contributed by atoms with van der Waals surface area (Å²) < 4.78 is 5.38. The van der Waals surface area contributed by atoms with Crippen LogP contribution >= 0.6 is 12.4 Å². The molecule has 4 nitrogen and oxygen atoms in total. The van der Waals surface area contributed by atoms with Crippen molar-refractivity contribution in [3.63, 3.8) is 0 Å². The number of carbonyl (C=O) groups excluding carboxylic acids is 1. The first-order valence-corrected chi connectivity index (χ1v) is 8.80. The lowest BCUT2D eigenvalue weighted by Gasteiger charge is -2.35. The smallest absolute Gasteiger partial charge is 0.220 e. The lowest BCUT2D eigenvalue weighted by molar-refractivity contribution is -0.124. The summed E-state index contributed by atoms with van der Waals surface area (Å²) in [7, 11) is 0. The number of ether oxygens (including phenoxy) is 1. The van der Waals surface area contributed by atoms with Gasteiger partial charge >= 0.3 is 0 Å². The minimum absolute atomic E-state index is 0. The maximum absolute atomic E-state index is 12.3. The summed E-state index contributed by atoms with van der Waals surface area (Å²) in [4.78, 5) is 12.3. The topological polar surface area (TPSA) is 64.3 Å². The van der Waals surface area contributed by atoms with Crippen molar-refractivity contribution in [2.75, 3.05) is 13.2 Å². The second-order valence-electron chi connectivity index (χ2n) is 6.67. The molecule has 5 heteroatoms. The van der Waals surface area contributed by atoms with Crippen molar-refractivity contribution < 1.29 is 9.53 Å². The zero-order valence-corrected chi connectivity index (χ0v) is 15.5. The monoisotopic (exact) mass is 354 g/mol. The summed E-state index contributed by atoms with van der Waals surface area (Å²) in [6.07, 6.45) is 6.41. The lowest BCUT2D eigenvalue weighted by atomic mass is 9.71. The molecule has 0 saturated heterocycles. The van der Waals surface area contributed by atoms with E-state index in [1.54, 1.807) is 0 Å². The van der Waals surface area contributed by atoms with Crippen LogP contribution < -0.4 is 11.1 Å². The Balaban J connectivity index is 0.00000288. The molecule has 1 aliphatic rings. The standard InChI is InChI=1S/C19H30N2O2.ClH/c1-2-23-14-17-8-6-16(7-9-17)13-21-18(22)12-19(15-20)10-4-3-5-11-19;/h6-9H,2-5,10-15,20H2,1H3,(H,21,22);1H. The Kier molecular flexibility index (Phi) is 9.34. The van der Waals surface area contributed by atoms with E-state index < -0.39 is 0 Å². The van der Waals surface area contributed by atoms with Gasteiger partial charge < -0.3 is 15.8 Å². The first-order valence-electron chi connectivity index (χ1n) is 8.80. The first-order chi connectivity index (χ1) is 11.2. The van der Waals surface area contributed by atoms with Gasteiger partial charge in [0.2, 0.25) is 5.91 Å². The Morgan fingerprint density at radius 3 is 2.38 bits per heavy atom. The third kappa shape index (κ3) is 6.42. The van der Waals surface area contributed by atoms with Gasteiger partial charge in [-0.2, -0.15) is 0 Å². The molecule has 1 aromatic carbocycles. The van der Waals surface area contributed by atoms with Crippen LogP contribution in [0.5, 0.6) is 0 Å². The highest BCUT2D eigenvalue weighted by Gasteiger charge is 2.32. The molecule has 0 atom stereocenters. The molecule has 0 aliphatic heterocycles. The van der Waals surface area contributed by atoms with Crippen LogP contribution in [0.25, 0.3) is 0 Å². The summed E-state index contributed by atoms with van der Waals surface area (Å²) in [6, 6.07) is 8.21. The molecule has 1 aromatic rings. The van der Waals surface area contributed by atoms with E-state index in [1.165, 1.54) is 19.3 Å². The average molecular weight is 355 g/mol. The van der Waals surface area contributed by atoms with Crippen molar-refractivity contribution in [1.82, 2.24) is 5.32 Å². The van der Waals surface area contributed by atoms with Crippen molar-refractivity contribution in [1.29, 1.82) is 0 Å². The van der Waals surface area contributed by atoms with E-state index in [2.05, 4.69) is 17.4 Å². The number of benzene rings is 1. The number of nitrogens with one attached hydrogen (secondary N) is 1. The summed E-state index contributed by atoms with van der Waals surface area (Å²) in [5, 5.41) is 3.04. The quantitative estimate of drug-likeness (QED) is 0.750. The van der Waals surface area contributed by atoms with Gasteiger partial charge in [0.25, 0.3) is 0 Å². The molecule has 0 bridgehead atoms. The predicted molar refractivity (Wildman–Crippen MR) is 100 cm³/mol. The van der Waals surface area contributed by atoms with Gasteiger partial charge in [0.15, 0.2) is 0 Å². The molecule has 1 amide bonds. The molecule has 1 saturated carbocycles. The highest BCUT2D eigenvalue weighted by Crippen LogP contribution is 2.38. The zero-order chi connectivity index (χ0) is 16.5. The SMILES string of the molecule is CCOCc1ccc(CNC(=O)CC2(CN)CCCCC2)cc1.Cl. The average Bonchev–Trinajstić information content (AvgIpc) is 2.60. The van der Waals surface area contributed by atoms with Gasteiger partial charge in [-0.3, -0.25) is 4.79 Å². The Morgan fingerprint density at radius 2 is 1.79 bits per heavy atom. The fraction of sp³-hybridized carbons (Fsp3) is 0.632. The van der Waals surface area contributed by atoms with Crippen molar-refractivity contribution in [2.24, 2.45) is 11.1 Å². The second-order valence-corrected chi connectivity index (χ2v) is 6.67. The fourth-order valence-corrected chi connectivity index (χ4v) is 3.33. The molecule has 0 aromatic heterocycles. The Bertz CT molecular complexity index is 485. The van der Waals surface area contributed by atoms with Crippen LogP contribution in [0, 0.1) is 5.41 Å². The largest absolute Gasteiger partial charge is 0.377 e. The van der Waals surface area contributed by atoms with Crippen molar-refractivity contribution in [3.05, 3.63) is 35.4 Å². The fourth-order valence-electron chi connectivity index (χ4n) is 3.33. The molecular formula is C19H31ClN2O2. The Labute approximate surface area is 151 Å². The molecule has 0 unspecified atom stereocenters. The summed E-state index contributed by atoms with van der Waals surface area (Å²) in [5.74, 6) is 0.121. The van der Waals surface area contributed by atoms with E-state index in [9.17, 15) is 4.79 Å². The van der Waals surface area contributed by atoms with Crippen molar-refractivity contribution in [3.8, 4) is 0 Å². The third-order valence-electron chi connectivity index (χ3n) is 4.87. The van der Waals surface area contributed by atoms with Gasteiger partial charge in [-0.25, -0.2) is 0 Å². The van der Waals surface area contributed by atoms with Crippen LogP contribution in [0.1, 0.15) is 56.6 Å². The molecule has 0 radical (unpaired) electrons. The number of carbonyl (C=O) groups is 1. The lowest BCUT2D eigenvalue weighted by Crippen LogP contribution is -2.38. The van der Waals surface area contributed by atoms with Gasteiger partial charge in [-0.15, -0.1) is 12.4 Å². The highest BCUT2D eigenvalue weighted by atomic mass is 35.5. The molecule has 0 spiro atoms. The maximum atomic E-state index is 12.3. The van der Waals surface area contributed by atoms with Gasteiger partial charge in [0.1, 0.15) is 0 Å². The van der Waals surface area contributed by atoms with Crippen LogP contribution in [0.3, 0.4) is 0 Å². The van der Waals surface area contributed by atoms with Crippen LogP contribution in [0.4, 0.5) is 0 Å². The zero-order valence-electron chi connectivity index (χ0n) is 14.7. The van der Waals surface area contributed by atoms with Gasteiger partial charge in [-0.1, -0.05) is 43.5 Å². The minimum atomic E-state index is 0. The number of nitrogens with two attached hydrogens (primary N) is 1. The predicted octanol–water partition coefficient (Wildman–Crippen LogP) is 3.56. The van der Waals surface area contributed by atoms with Gasteiger partial charge in [-0.05, 0) is 42.9 Å². The molecule has 1 aliphatic carbocycles. The van der Waals surface area contributed by atoms with Crippen molar-refractivity contribution >= 4 is 18.3 Å². The molecule has 24 heavy (non-hydrogen) atoms. The van der Waals surface area contributed by atoms with E-state index >= 15 is 0 Å². The van der Waals surface area contributed by atoms with E-state index in [-0.39, 0.29) is 23.7 Å². The number of hydrogen-bond acceptors (Lipinski definition) is 3. The Hall–Kier alpha value is -1.10. The minimum Gasteiger partial charge on any atom is -0.377 e. The van der Waals surface area contributed by atoms with Crippen LogP contribution in [0.15, 0.2) is 24.3 Å². The van der Waals surface area contributed by atoms with Gasteiger partial charge in [0, 0.05) is 19.6 Å². The first kappa shape index (κ1) is 20.9. The normalized spacial score (nSPS) is 16.2. The summed E-state index contributed by atoms with van der Waals surface area (Å²) in [6.45, 7) is 4.55. The van der Waals surface area contributed by atoms with Crippen LogP contribution in [-0.2, 0) is 22.7 Å².